The van der Waals surface area contributed by atoms with Crippen LogP contribution in [0.4, 0.5) is 5.69 Å². The zero-order valence-electron chi connectivity index (χ0n) is 30.6. The van der Waals surface area contributed by atoms with Gasteiger partial charge in [0.15, 0.2) is 0 Å². The third kappa shape index (κ3) is 15.3. The van der Waals surface area contributed by atoms with Crippen LogP contribution in [0.2, 0.25) is 0 Å². The molecule has 0 saturated carbocycles. The molecule has 292 valence electrons. The van der Waals surface area contributed by atoms with Crippen LogP contribution in [0, 0.1) is 11.8 Å². The Morgan fingerprint density at radius 1 is 0.611 bits per heavy atom. The minimum absolute atomic E-state index is 0.0467. The van der Waals surface area contributed by atoms with E-state index in [1.165, 1.54) is 0 Å². The van der Waals surface area contributed by atoms with E-state index < -0.39 is 17.8 Å². The van der Waals surface area contributed by atoms with E-state index in [9.17, 15) is 24.0 Å². The molecular formula is C39H49N3O12. The van der Waals surface area contributed by atoms with Gasteiger partial charge in [0.05, 0.1) is 97.9 Å². The molecule has 1 saturated heterocycles. The summed E-state index contributed by atoms with van der Waals surface area (Å²) in [6, 6.07) is 15.5. The number of anilines is 1. The second-order valence-electron chi connectivity index (χ2n) is 12.1. The number of fused-ring (bicyclic) bond motifs is 2. The Morgan fingerprint density at radius 3 is 1.76 bits per heavy atom. The molecule has 1 fully saturated rings. The lowest BCUT2D eigenvalue weighted by Crippen LogP contribution is -2.32. The normalized spacial score (nSPS) is 13.4. The van der Waals surface area contributed by atoms with Crippen molar-refractivity contribution >= 4 is 35.3 Å². The molecule has 0 spiro atoms. The van der Waals surface area contributed by atoms with Gasteiger partial charge in [-0.2, -0.15) is 0 Å². The second-order valence-corrected chi connectivity index (χ2v) is 12.1. The molecule has 54 heavy (non-hydrogen) atoms. The molecule has 2 aliphatic rings. The summed E-state index contributed by atoms with van der Waals surface area (Å²) in [6.07, 6.45) is 0.946. The lowest BCUT2D eigenvalue weighted by Gasteiger charge is -2.26. The second kappa shape index (κ2) is 24.6. The van der Waals surface area contributed by atoms with Crippen molar-refractivity contribution in [2.24, 2.45) is 0 Å². The summed E-state index contributed by atoms with van der Waals surface area (Å²) in [7, 11) is 0. The van der Waals surface area contributed by atoms with Gasteiger partial charge in [0.1, 0.15) is 0 Å². The van der Waals surface area contributed by atoms with Gasteiger partial charge >= 0.3 is 5.97 Å². The summed E-state index contributed by atoms with van der Waals surface area (Å²) in [4.78, 5) is 66.7. The molecular weight excluding hydrogens is 702 g/mol. The van der Waals surface area contributed by atoms with Crippen LogP contribution in [-0.2, 0) is 63.8 Å². The van der Waals surface area contributed by atoms with Crippen LogP contribution < -0.4 is 10.2 Å². The number of hydrogen-bond donors (Lipinski definition) is 1. The summed E-state index contributed by atoms with van der Waals surface area (Å²) >= 11 is 0. The fourth-order valence-corrected chi connectivity index (χ4v) is 5.26. The summed E-state index contributed by atoms with van der Waals surface area (Å²) in [6.45, 7) is 5.04. The first kappa shape index (κ1) is 42.1. The number of hydroxylamine groups is 2. The van der Waals surface area contributed by atoms with E-state index in [-0.39, 0.29) is 57.1 Å². The average Bonchev–Trinajstić information content (AvgIpc) is 3.48. The number of ether oxygens (including phenoxy) is 6. The number of rotatable bonds is 26. The fourth-order valence-electron chi connectivity index (χ4n) is 5.26. The lowest BCUT2D eigenvalue weighted by molar-refractivity contribution is -0.198. The monoisotopic (exact) mass is 751 g/mol. The van der Waals surface area contributed by atoms with Gasteiger partial charge in [0.25, 0.3) is 11.8 Å². The van der Waals surface area contributed by atoms with Crippen molar-refractivity contribution in [2.75, 3.05) is 90.7 Å². The Balaban J connectivity index is 0.884. The molecule has 0 aromatic heterocycles. The van der Waals surface area contributed by atoms with Crippen LogP contribution in [0.15, 0.2) is 48.5 Å². The van der Waals surface area contributed by atoms with Gasteiger partial charge in [-0.3, -0.25) is 19.2 Å². The standard InChI is InChI=1S/C39H49N3O12/c43-35(10-5-11-36(44)41-30-33-8-2-1-6-31(33)12-13-32-7-3-4-9-34(32)41)40-17-19-49-21-23-51-25-27-53-29-28-52-26-24-50-22-20-48-18-16-39(47)54-42-37(45)14-15-38(42)46/h1-4,6-9H,5,10-11,14-30H2,(H,40,43). The largest absolute Gasteiger partial charge is 0.378 e. The van der Waals surface area contributed by atoms with E-state index in [0.29, 0.717) is 90.6 Å². The molecule has 1 N–H and O–H groups in total. The average molecular weight is 752 g/mol. The molecule has 2 aromatic carbocycles. The van der Waals surface area contributed by atoms with E-state index >= 15 is 0 Å². The predicted molar refractivity (Wildman–Crippen MR) is 194 cm³/mol. The predicted octanol–water partition coefficient (Wildman–Crippen LogP) is 2.32. The molecule has 0 bridgehead atoms. The Hall–Kier alpha value is -4.69. The third-order valence-electron chi connectivity index (χ3n) is 8.05. The summed E-state index contributed by atoms with van der Waals surface area (Å²) in [5.41, 5.74) is 3.48. The van der Waals surface area contributed by atoms with E-state index in [1.807, 2.05) is 48.5 Å². The minimum atomic E-state index is -0.708. The number of carbonyl (C=O) groups is 5. The third-order valence-corrected chi connectivity index (χ3v) is 8.05. The molecule has 2 heterocycles. The molecule has 4 rings (SSSR count). The molecule has 2 aliphatic heterocycles. The first-order valence-electron chi connectivity index (χ1n) is 18.2. The highest BCUT2D eigenvalue weighted by molar-refractivity contribution is 6.01. The van der Waals surface area contributed by atoms with Crippen molar-refractivity contribution in [3.05, 3.63) is 65.2 Å². The number of nitrogens with one attached hydrogen (secondary N) is 1. The van der Waals surface area contributed by atoms with Crippen molar-refractivity contribution in [3.63, 3.8) is 0 Å². The van der Waals surface area contributed by atoms with Gasteiger partial charge < -0.3 is 43.5 Å². The molecule has 4 amide bonds. The maximum atomic E-state index is 13.3. The first-order valence-corrected chi connectivity index (χ1v) is 18.2. The quantitative estimate of drug-likeness (QED) is 0.0848. The van der Waals surface area contributed by atoms with E-state index in [0.717, 1.165) is 22.4 Å². The lowest BCUT2D eigenvalue weighted by atomic mass is 10.0. The van der Waals surface area contributed by atoms with Crippen molar-refractivity contribution in [3.8, 4) is 11.8 Å². The zero-order valence-corrected chi connectivity index (χ0v) is 30.6. The zero-order chi connectivity index (χ0) is 38.2. The SMILES string of the molecule is O=C(CCCC(=O)N1Cc2ccccc2C#Cc2ccccc21)NCCOCCOCCOCCOCCOCCOCCC(=O)ON1C(=O)CCC1=O. The van der Waals surface area contributed by atoms with Crippen LogP contribution in [0.3, 0.4) is 0 Å². The van der Waals surface area contributed by atoms with Gasteiger partial charge in [-0.1, -0.05) is 42.2 Å². The highest BCUT2D eigenvalue weighted by Crippen LogP contribution is 2.26. The number of benzene rings is 2. The van der Waals surface area contributed by atoms with Crippen LogP contribution >= 0.6 is 0 Å². The molecule has 0 atom stereocenters. The minimum Gasteiger partial charge on any atom is -0.378 e. The Kier molecular flexibility index (Phi) is 19.2. The van der Waals surface area contributed by atoms with E-state index in [4.69, 9.17) is 33.3 Å². The molecule has 0 aliphatic carbocycles. The molecule has 15 heteroatoms. The van der Waals surface area contributed by atoms with E-state index in [1.54, 1.807) is 4.90 Å². The number of para-hydroxylation sites is 1. The van der Waals surface area contributed by atoms with Crippen molar-refractivity contribution in [1.82, 2.24) is 10.4 Å². The topological polar surface area (TPSA) is 168 Å². The van der Waals surface area contributed by atoms with Gasteiger partial charge in [0.2, 0.25) is 11.8 Å². The van der Waals surface area contributed by atoms with Crippen molar-refractivity contribution in [2.45, 2.75) is 45.1 Å². The Morgan fingerprint density at radius 2 is 1.13 bits per heavy atom. The molecule has 2 aromatic rings. The number of amides is 4. The van der Waals surface area contributed by atoms with Gasteiger partial charge in [0, 0.05) is 43.4 Å². The summed E-state index contributed by atoms with van der Waals surface area (Å²) in [5.74, 6) is 4.50. The maximum absolute atomic E-state index is 13.3. The van der Waals surface area contributed by atoms with Gasteiger partial charge in [-0.25, -0.2) is 4.79 Å². The highest BCUT2D eigenvalue weighted by Gasteiger charge is 2.32. The highest BCUT2D eigenvalue weighted by atomic mass is 16.7. The van der Waals surface area contributed by atoms with Crippen molar-refractivity contribution in [1.29, 1.82) is 0 Å². The van der Waals surface area contributed by atoms with Crippen LogP contribution in [0.25, 0.3) is 0 Å². The Bertz CT molecular complexity index is 1570. The maximum Gasteiger partial charge on any atom is 0.335 e. The van der Waals surface area contributed by atoms with Crippen molar-refractivity contribution < 1.29 is 57.2 Å². The van der Waals surface area contributed by atoms with Crippen LogP contribution in [0.5, 0.6) is 0 Å². The van der Waals surface area contributed by atoms with Crippen LogP contribution in [-0.4, -0.2) is 120 Å². The molecule has 0 unspecified atom stereocenters. The molecule has 0 radical (unpaired) electrons. The van der Waals surface area contributed by atoms with Gasteiger partial charge in [-0.15, -0.1) is 5.06 Å². The summed E-state index contributed by atoms with van der Waals surface area (Å²) in [5, 5.41) is 3.34. The number of imide groups is 1. The van der Waals surface area contributed by atoms with E-state index in [2.05, 4.69) is 17.2 Å². The molecule has 15 nitrogen and oxygen atoms in total. The first-order chi connectivity index (χ1) is 26.4. The van der Waals surface area contributed by atoms with Crippen LogP contribution in [0.1, 0.15) is 55.2 Å². The Labute approximate surface area is 315 Å². The smallest absolute Gasteiger partial charge is 0.335 e. The number of carbonyl (C=O) groups excluding carboxylic acids is 5. The number of nitrogens with zero attached hydrogens (tertiary/aromatic N) is 2. The van der Waals surface area contributed by atoms with Gasteiger partial charge in [-0.05, 0) is 30.2 Å². The summed E-state index contributed by atoms with van der Waals surface area (Å²) < 4.78 is 32.6. The number of hydrogen-bond acceptors (Lipinski definition) is 12. The fraction of sp³-hybridized carbons (Fsp3) is 0.513.